The molecular weight excluding hydrogens is 663 g/mol. The van der Waals surface area contributed by atoms with Crippen LogP contribution in [-0.4, -0.2) is 10.5 Å². The van der Waals surface area contributed by atoms with Crippen LogP contribution >= 0.6 is 0 Å². The van der Waals surface area contributed by atoms with E-state index in [2.05, 4.69) is 5.32 Å². The highest BCUT2D eigenvalue weighted by Crippen LogP contribution is 2.31. The molecule has 0 saturated carbocycles. The minimum absolute atomic E-state index is 0.0817. The minimum Gasteiger partial charge on any atom is -0.489 e. The number of carbonyl (C=O) groups is 1. The SMILES string of the molecule is CC(C(=O)NCc1ccc(-c2ccc(C(F)(F)F)cc2)cc1)n1c(CCc2cccc(F)c2F)cc(=O)c2ccc(OCc3ccccc3)cc21. The first-order valence-corrected chi connectivity index (χ1v) is 16.3. The van der Waals surface area contributed by atoms with Gasteiger partial charge in [-0.3, -0.25) is 9.59 Å². The molecule has 1 aromatic heterocycles. The van der Waals surface area contributed by atoms with Gasteiger partial charge in [0.1, 0.15) is 18.4 Å². The third-order valence-corrected chi connectivity index (χ3v) is 8.76. The van der Waals surface area contributed by atoms with Gasteiger partial charge < -0.3 is 14.6 Å². The summed E-state index contributed by atoms with van der Waals surface area (Å²) in [7, 11) is 0. The lowest BCUT2D eigenvalue weighted by molar-refractivity contribution is -0.137. The van der Waals surface area contributed by atoms with Crippen LogP contribution in [0.5, 0.6) is 5.75 Å². The second-order valence-electron chi connectivity index (χ2n) is 12.2. The van der Waals surface area contributed by atoms with Crippen molar-refractivity contribution in [3.05, 3.63) is 171 Å². The molecule has 1 N–H and O–H groups in total. The molecule has 1 heterocycles. The van der Waals surface area contributed by atoms with Crippen LogP contribution in [0.3, 0.4) is 0 Å². The summed E-state index contributed by atoms with van der Waals surface area (Å²) in [6.45, 7) is 2.13. The van der Waals surface area contributed by atoms with Gasteiger partial charge in [0, 0.05) is 29.8 Å². The molecule has 0 fully saturated rings. The maximum atomic E-state index is 14.6. The second kappa shape index (κ2) is 15.0. The number of rotatable bonds is 11. The smallest absolute Gasteiger partial charge is 0.416 e. The fourth-order valence-corrected chi connectivity index (χ4v) is 5.98. The van der Waals surface area contributed by atoms with Gasteiger partial charge >= 0.3 is 6.18 Å². The Morgan fingerprint density at radius 2 is 1.47 bits per heavy atom. The number of hydrogen-bond donors (Lipinski definition) is 1. The highest BCUT2D eigenvalue weighted by molar-refractivity contribution is 5.86. The van der Waals surface area contributed by atoms with Gasteiger partial charge in [0.25, 0.3) is 0 Å². The van der Waals surface area contributed by atoms with Crippen LogP contribution < -0.4 is 15.5 Å². The molecule has 10 heteroatoms. The van der Waals surface area contributed by atoms with E-state index in [-0.39, 0.29) is 42.9 Å². The van der Waals surface area contributed by atoms with Crippen LogP contribution in [0.25, 0.3) is 22.0 Å². The Hall–Kier alpha value is -5.77. The molecule has 6 aromatic rings. The average molecular weight is 697 g/mol. The summed E-state index contributed by atoms with van der Waals surface area (Å²) in [5.41, 5.74) is 3.08. The zero-order valence-corrected chi connectivity index (χ0v) is 27.5. The Morgan fingerprint density at radius 1 is 0.784 bits per heavy atom. The molecule has 0 aliphatic heterocycles. The predicted octanol–water partition coefficient (Wildman–Crippen LogP) is 9.21. The summed E-state index contributed by atoms with van der Waals surface area (Å²) in [6.07, 6.45) is -4.19. The fraction of sp³-hybridized carbons (Fsp3) is 0.171. The molecule has 0 spiro atoms. The van der Waals surface area contributed by atoms with Gasteiger partial charge in [-0.15, -0.1) is 0 Å². The second-order valence-corrected chi connectivity index (χ2v) is 12.2. The van der Waals surface area contributed by atoms with Gasteiger partial charge in [0.15, 0.2) is 17.1 Å². The predicted molar refractivity (Wildman–Crippen MR) is 186 cm³/mol. The first kappa shape index (κ1) is 35.1. The first-order valence-electron chi connectivity index (χ1n) is 16.3. The molecule has 1 unspecified atom stereocenters. The van der Waals surface area contributed by atoms with E-state index in [1.165, 1.54) is 30.3 Å². The minimum atomic E-state index is -4.42. The third kappa shape index (κ3) is 8.17. The number of aryl methyl sites for hydroxylation is 2. The summed E-state index contributed by atoms with van der Waals surface area (Å²) in [5.74, 6) is -1.81. The largest absolute Gasteiger partial charge is 0.489 e. The third-order valence-electron chi connectivity index (χ3n) is 8.76. The van der Waals surface area contributed by atoms with E-state index in [0.717, 1.165) is 34.9 Å². The molecular formula is C41H33F5N2O3. The lowest BCUT2D eigenvalue weighted by Crippen LogP contribution is -2.32. The number of aromatic nitrogens is 1. The van der Waals surface area contributed by atoms with Gasteiger partial charge in [0.2, 0.25) is 5.91 Å². The standard InChI is InChI=1S/C41H33F5N2O3/c1-26(40(50)47-24-27-10-12-29(13-11-27)30-14-17-32(18-15-30)41(44,45)46)48-33(19-16-31-8-5-9-36(42)39(31)43)22-38(49)35-21-20-34(23-37(35)48)51-25-28-6-3-2-4-7-28/h2-15,17-18,20-23,26H,16,19,24-25H2,1H3,(H,47,50). The Labute approximate surface area is 291 Å². The quantitative estimate of drug-likeness (QED) is 0.138. The molecule has 0 aliphatic carbocycles. The van der Waals surface area contributed by atoms with Crippen molar-refractivity contribution >= 4 is 16.8 Å². The van der Waals surface area contributed by atoms with E-state index in [9.17, 15) is 31.5 Å². The van der Waals surface area contributed by atoms with Crippen LogP contribution in [0.1, 0.15) is 40.9 Å². The summed E-state index contributed by atoms with van der Waals surface area (Å²) < 4.78 is 75.2. The number of amides is 1. The number of ether oxygens (including phenoxy) is 1. The number of alkyl halides is 3. The summed E-state index contributed by atoms with van der Waals surface area (Å²) >= 11 is 0. The molecule has 1 atom stereocenters. The maximum absolute atomic E-state index is 14.6. The molecule has 0 bridgehead atoms. The maximum Gasteiger partial charge on any atom is 0.416 e. The zero-order valence-electron chi connectivity index (χ0n) is 27.5. The molecule has 5 nitrogen and oxygen atoms in total. The van der Waals surface area contributed by atoms with Gasteiger partial charge in [-0.25, -0.2) is 8.78 Å². The number of nitrogens with zero attached hydrogens (tertiary/aromatic N) is 1. The highest BCUT2D eigenvalue weighted by atomic mass is 19.4. The monoisotopic (exact) mass is 696 g/mol. The summed E-state index contributed by atoms with van der Waals surface area (Å²) in [6, 6.07) is 31.1. The van der Waals surface area contributed by atoms with Crippen LogP contribution in [0, 0.1) is 11.6 Å². The van der Waals surface area contributed by atoms with Gasteiger partial charge in [-0.2, -0.15) is 13.2 Å². The van der Waals surface area contributed by atoms with Crippen molar-refractivity contribution in [2.45, 2.75) is 45.1 Å². The molecule has 0 aliphatic rings. The molecule has 1 amide bonds. The average Bonchev–Trinajstić information content (AvgIpc) is 3.13. The number of benzene rings is 5. The van der Waals surface area contributed by atoms with E-state index < -0.39 is 29.4 Å². The number of nitrogens with one attached hydrogen (secondary N) is 1. The Morgan fingerprint density at radius 3 is 2.16 bits per heavy atom. The number of fused-ring (bicyclic) bond motifs is 1. The van der Waals surface area contributed by atoms with E-state index in [1.54, 1.807) is 54.0 Å². The van der Waals surface area contributed by atoms with Crippen molar-refractivity contribution in [2.75, 3.05) is 0 Å². The van der Waals surface area contributed by atoms with Crippen molar-refractivity contribution in [3.63, 3.8) is 0 Å². The van der Waals surface area contributed by atoms with Crippen LogP contribution in [0.2, 0.25) is 0 Å². The molecule has 6 rings (SSSR count). The van der Waals surface area contributed by atoms with Gasteiger partial charge in [-0.05, 0) is 77.9 Å². The number of carbonyl (C=O) groups excluding carboxylic acids is 1. The summed E-state index contributed by atoms with van der Waals surface area (Å²) in [5, 5.41) is 3.30. The summed E-state index contributed by atoms with van der Waals surface area (Å²) in [4.78, 5) is 27.1. The van der Waals surface area contributed by atoms with Crippen LogP contribution in [0.4, 0.5) is 22.0 Å². The number of pyridine rings is 1. The zero-order chi connectivity index (χ0) is 36.1. The molecule has 260 valence electrons. The van der Waals surface area contributed by atoms with Crippen molar-refractivity contribution in [2.24, 2.45) is 0 Å². The number of halogens is 5. The van der Waals surface area contributed by atoms with Crippen LogP contribution in [0.15, 0.2) is 126 Å². The van der Waals surface area contributed by atoms with E-state index in [1.807, 2.05) is 30.3 Å². The topological polar surface area (TPSA) is 60.3 Å². The Kier molecular flexibility index (Phi) is 10.3. The van der Waals surface area contributed by atoms with Gasteiger partial charge in [0.05, 0.1) is 11.1 Å². The fourth-order valence-electron chi connectivity index (χ4n) is 5.98. The number of hydrogen-bond acceptors (Lipinski definition) is 3. The first-order chi connectivity index (χ1) is 24.5. The Balaban J connectivity index is 1.26. The van der Waals surface area contributed by atoms with E-state index in [0.29, 0.717) is 27.9 Å². The normalized spacial score (nSPS) is 12.1. The van der Waals surface area contributed by atoms with Gasteiger partial charge in [-0.1, -0.05) is 78.9 Å². The molecule has 51 heavy (non-hydrogen) atoms. The highest BCUT2D eigenvalue weighted by Gasteiger charge is 2.30. The van der Waals surface area contributed by atoms with Crippen molar-refractivity contribution in [3.8, 4) is 16.9 Å². The van der Waals surface area contributed by atoms with E-state index in [4.69, 9.17) is 4.74 Å². The van der Waals surface area contributed by atoms with E-state index >= 15 is 0 Å². The molecule has 0 radical (unpaired) electrons. The van der Waals surface area contributed by atoms with Crippen molar-refractivity contribution in [1.82, 2.24) is 9.88 Å². The lowest BCUT2D eigenvalue weighted by atomic mass is 10.0. The van der Waals surface area contributed by atoms with Crippen LogP contribution in [-0.2, 0) is 37.0 Å². The van der Waals surface area contributed by atoms with Crippen molar-refractivity contribution in [1.29, 1.82) is 0 Å². The Bertz CT molecular complexity index is 2220. The molecule has 5 aromatic carbocycles. The molecule has 0 saturated heterocycles. The lowest BCUT2D eigenvalue weighted by Gasteiger charge is -2.23. The van der Waals surface area contributed by atoms with Crippen molar-refractivity contribution < 1.29 is 31.5 Å².